The molecule has 0 unspecified atom stereocenters. The molecule has 2 rings (SSSR count). The van der Waals surface area contributed by atoms with Gasteiger partial charge in [-0.05, 0) is 49.8 Å². The molecule has 11 nitrogen and oxygen atoms in total. The number of ether oxygens (including phenoxy) is 1. The van der Waals surface area contributed by atoms with E-state index in [-0.39, 0.29) is 29.6 Å². The van der Waals surface area contributed by atoms with Crippen LogP contribution in [0.15, 0.2) is 42.2 Å². The molecular weight excluding hydrogens is 610 g/mol. The van der Waals surface area contributed by atoms with Crippen molar-refractivity contribution in [2.75, 3.05) is 35.3 Å². The standard InChI is InChI=1S/C37H59N5O6/c1-22(2)19-28(35(45)42-27(29(48-13)21-30(42)43)20-26-17-15-14-16-18-26)40(11)37(47)33(25(7)8)41(12)36(46)31(23(3)4)38-34(44)32(24(5)6)39(9)10/h14-18,21-25,27-28,31-33H,19-20H2,1-13H3,(H,38,44)/t27-,28-,31-,32-,33-/m0/s1. The largest absolute Gasteiger partial charge is 0.499 e. The third-order valence-corrected chi connectivity index (χ3v) is 9.02. The molecule has 1 aromatic carbocycles. The van der Waals surface area contributed by atoms with E-state index in [1.54, 1.807) is 14.1 Å². The molecule has 0 saturated heterocycles. The second-order valence-electron chi connectivity index (χ2n) is 14.6. The zero-order valence-corrected chi connectivity index (χ0v) is 31.3. The van der Waals surface area contributed by atoms with Gasteiger partial charge in [0.15, 0.2) is 0 Å². The lowest BCUT2D eigenvalue weighted by atomic mass is 9.95. The molecular formula is C37H59N5O6. The molecule has 1 aliphatic rings. The summed E-state index contributed by atoms with van der Waals surface area (Å²) in [6, 6.07) is 5.68. The van der Waals surface area contributed by atoms with Gasteiger partial charge in [0.2, 0.25) is 17.7 Å². The summed E-state index contributed by atoms with van der Waals surface area (Å²) in [4.78, 5) is 75.3. The lowest BCUT2D eigenvalue weighted by Crippen LogP contribution is -2.61. The number of carbonyl (C=O) groups excluding carboxylic acids is 5. The van der Waals surface area contributed by atoms with Crippen LogP contribution in [0, 0.1) is 23.7 Å². The predicted octanol–water partition coefficient (Wildman–Crippen LogP) is 3.58. The van der Waals surface area contributed by atoms with E-state index in [2.05, 4.69) is 5.32 Å². The van der Waals surface area contributed by atoms with Crippen molar-refractivity contribution in [1.82, 2.24) is 24.9 Å². The monoisotopic (exact) mass is 669 g/mol. The lowest BCUT2D eigenvalue weighted by Gasteiger charge is -2.40. The number of likely N-dealkylation sites (N-methyl/N-ethyl adjacent to an activating group) is 3. The summed E-state index contributed by atoms with van der Waals surface area (Å²) in [6.07, 6.45) is 2.01. The van der Waals surface area contributed by atoms with Crippen LogP contribution in [0.25, 0.3) is 0 Å². The Bertz CT molecular complexity index is 1300. The Morgan fingerprint density at radius 3 is 1.83 bits per heavy atom. The van der Waals surface area contributed by atoms with Gasteiger partial charge in [-0.2, -0.15) is 0 Å². The van der Waals surface area contributed by atoms with Crippen LogP contribution in [0.1, 0.15) is 67.4 Å². The molecule has 0 aliphatic carbocycles. The number of hydrogen-bond donors (Lipinski definition) is 1. The minimum absolute atomic E-state index is 0.0114. The molecule has 1 aliphatic heterocycles. The van der Waals surface area contributed by atoms with Crippen LogP contribution in [0.2, 0.25) is 0 Å². The summed E-state index contributed by atoms with van der Waals surface area (Å²) >= 11 is 0. The van der Waals surface area contributed by atoms with E-state index in [9.17, 15) is 24.0 Å². The van der Waals surface area contributed by atoms with Gasteiger partial charge >= 0.3 is 0 Å². The molecule has 0 spiro atoms. The zero-order valence-electron chi connectivity index (χ0n) is 31.3. The van der Waals surface area contributed by atoms with Crippen LogP contribution in [0.5, 0.6) is 0 Å². The maximum absolute atomic E-state index is 14.4. The summed E-state index contributed by atoms with van der Waals surface area (Å²) in [7, 11) is 8.26. The van der Waals surface area contributed by atoms with Crippen molar-refractivity contribution in [1.29, 1.82) is 0 Å². The Hall–Kier alpha value is -3.73. The molecule has 5 atom stereocenters. The maximum atomic E-state index is 14.4. The van der Waals surface area contributed by atoms with Gasteiger partial charge in [-0.25, -0.2) is 0 Å². The number of rotatable bonds is 16. The number of methoxy groups -OCH3 is 1. The Labute approximate surface area is 288 Å². The van der Waals surface area contributed by atoms with Crippen molar-refractivity contribution in [3.8, 4) is 0 Å². The van der Waals surface area contributed by atoms with Crippen LogP contribution in [0.3, 0.4) is 0 Å². The first-order chi connectivity index (χ1) is 22.3. The second kappa shape index (κ2) is 17.6. The molecule has 0 aromatic heterocycles. The van der Waals surface area contributed by atoms with E-state index in [0.29, 0.717) is 18.6 Å². The molecule has 0 bridgehead atoms. The van der Waals surface area contributed by atoms with Crippen LogP contribution in [-0.2, 0) is 35.1 Å². The van der Waals surface area contributed by atoms with Crippen LogP contribution in [0.4, 0.5) is 0 Å². The average molecular weight is 670 g/mol. The molecule has 0 saturated carbocycles. The Balaban J connectivity index is 2.43. The fourth-order valence-electron chi connectivity index (χ4n) is 6.59. The molecule has 1 heterocycles. The number of nitrogens with one attached hydrogen (secondary N) is 1. The first-order valence-corrected chi connectivity index (χ1v) is 17.0. The fraction of sp³-hybridized carbons (Fsp3) is 0.649. The highest BCUT2D eigenvalue weighted by atomic mass is 16.5. The summed E-state index contributed by atoms with van der Waals surface area (Å²) in [5.41, 5.74) is 0.930. The van der Waals surface area contributed by atoms with Gasteiger partial charge in [0, 0.05) is 26.6 Å². The molecule has 11 heteroatoms. The number of amides is 5. The number of benzene rings is 1. The fourth-order valence-corrected chi connectivity index (χ4v) is 6.59. The van der Waals surface area contributed by atoms with E-state index in [1.807, 2.05) is 105 Å². The number of imide groups is 1. The SMILES string of the molecule is COC1=CC(=O)N(C(=O)[C@H](CC(C)C)N(C)C(=O)[C@H](C(C)C)N(C)C(=O)[C@@H](NC(=O)[C@H](C(C)C)N(C)C)C(C)C)[C@H]1Cc1ccccc1. The highest BCUT2D eigenvalue weighted by molar-refractivity contribution is 6.06. The lowest BCUT2D eigenvalue weighted by molar-refractivity contribution is -0.155. The van der Waals surface area contributed by atoms with Gasteiger partial charge in [0.1, 0.15) is 29.9 Å². The van der Waals surface area contributed by atoms with E-state index in [1.165, 1.54) is 27.9 Å². The summed E-state index contributed by atoms with van der Waals surface area (Å²) in [5.74, 6) is -2.22. The summed E-state index contributed by atoms with van der Waals surface area (Å²) < 4.78 is 5.54. The number of hydrogen-bond acceptors (Lipinski definition) is 7. The zero-order chi connectivity index (χ0) is 36.6. The molecule has 0 radical (unpaired) electrons. The third-order valence-electron chi connectivity index (χ3n) is 9.02. The molecule has 0 fully saturated rings. The average Bonchev–Trinajstić information content (AvgIpc) is 3.31. The second-order valence-corrected chi connectivity index (χ2v) is 14.6. The van der Waals surface area contributed by atoms with Gasteiger partial charge in [0.25, 0.3) is 11.8 Å². The smallest absolute Gasteiger partial charge is 0.257 e. The quantitative estimate of drug-likeness (QED) is 0.286. The third kappa shape index (κ3) is 9.67. The molecule has 268 valence electrons. The van der Waals surface area contributed by atoms with Gasteiger partial charge in [-0.1, -0.05) is 85.7 Å². The molecule has 48 heavy (non-hydrogen) atoms. The Morgan fingerprint density at radius 2 is 1.38 bits per heavy atom. The van der Waals surface area contributed by atoms with E-state index >= 15 is 0 Å². The topological polar surface area (TPSA) is 120 Å². The van der Waals surface area contributed by atoms with Crippen LogP contribution >= 0.6 is 0 Å². The van der Waals surface area contributed by atoms with Gasteiger partial charge in [-0.15, -0.1) is 0 Å². The van der Waals surface area contributed by atoms with E-state index in [4.69, 9.17) is 4.74 Å². The molecule has 1 aromatic rings. The summed E-state index contributed by atoms with van der Waals surface area (Å²) in [6.45, 7) is 15.2. The Morgan fingerprint density at radius 1 is 0.812 bits per heavy atom. The van der Waals surface area contributed by atoms with Crippen molar-refractivity contribution in [3.63, 3.8) is 0 Å². The van der Waals surface area contributed by atoms with Crippen molar-refractivity contribution in [2.45, 2.75) is 98.4 Å². The van der Waals surface area contributed by atoms with Gasteiger partial charge in [0.05, 0.1) is 13.2 Å². The van der Waals surface area contributed by atoms with Crippen molar-refractivity contribution in [2.24, 2.45) is 23.7 Å². The molecule has 1 N–H and O–H groups in total. The van der Waals surface area contributed by atoms with Crippen molar-refractivity contribution < 1.29 is 28.7 Å². The highest BCUT2D eigenvalue weighted by Gasteiger charge is 2.45. The van der Waals surface area contributed by atoms with Gasteiger partial charge < -0.3 is 19.9 Å². The van der Waals surface area contributed by atoms with E-state index < -0.39 is 53.8 Å². The highest BCUT2D eigenvalue weighted by Crippen LogP contribution is 2.28. The Kier molecular flexibility index (Phi) is 14.8. The van der Waals surface area contributed by atoms with E-state index in [0.717, 1.165) is 5.56 Å². The minimum atomic E-state index is -0.971. The van der Waals surface area contributed by atoms with Crippen molar-refractivity contribution >= 4 is 29.5 Å². The van der Waals surface area contributed by atoms with Crippen LogP contribution < -0.4 is 5.32 Å². The number of nitrogens with zero attached hydrogens (tertiary/aromatic N) is 4. The normalized spacial score (nSPS) is 17.5. The van der Waals surface area contributed by atoms with Crippen molar-refractivity contribution in [3.05, 3.63) is 47.7 Å². The predicted molar refractivity (Wildman–Crippen MR) is 187 cm³/mol. The first-order valence-electron chi connectivity index (χ1n) is 17.0. The van der Waals surface area contributed by atoms with Gasteiger partial charge in [-0.3, -0.25) is 33.8 Å². The number of carbonyl (C=O) groups is 5. The summed E-state index contributed by atoms with van der Waals surface area (Å²) in [5, 5.41) is 2.95. The van der Waals surface area contributed by atoms with Crippen LogP contribution in [-0.4, -0.2) is 115 Å². The molecule has 5 amide bonds. The maximum Gasteiger partial charge on any atom is 0.257 e. The minimum Gasteiger partial charge on any atom is -0.499 e. The first kappa shape index (κ1) is 40.4.